The smallest absolute Gasteiger partial charge is 0.256 e. The molecule has 222 valence electrons. The lowest BCUT2D eigenvalue weighted by Crippen LogP contribution is -2.48. The van der Waals surface area contributed by atoms with E-state index in [1.54, 1.807) is 30.9 Å². The fourth-order valence-corrected chi connectivity index (χ4v) is 8.11. The predicted molar refractivity (Wildman–Crippen MR) is 163 cm³/mol. The number of anilines is 3. The van der Waals surface area contributed by atoms with Crippen LogP contribution in [-0.4, -0.2) is 66.8 Å². The molecule has 0 spiro atoms. The summed E-state index contributed by atoms with van der Waals surface area (Å²) in [7, 11) is -3.95. The van der Waals surface area contributed by atoms with E-state index in [4.69, 9.17) is 4.98 Å². The molecule has 4 heterocycles. The monoisotopic (exact) mass is 609 g/mol. The minimum absolute atomic E-state index is 0.0107. The maximum atomic E-state index is 13.6. The number of nitrogens with one attached hydrogen (secondary N) is 3. The van der Waals surface area contributed by atoms with Crippen molar-refractivity contribution in [3.05, 3.63) is 47.2 Å². The van der Waals surface area contributed by atoms with E-state index in [1.165, 1.54) is 11.3 Å². The third kappa shape index (κ3) is 5.53. The number of thiazole rings is 1. The molecule has 6 rings (SSSR count). The second-order valence-electron chi connectivity index (χ2n) is 11.5. The number of hydrogen-bond donors (Lipinski definition) is 3. The third-order valence-corrected chi connectivity index (χ3v) is 10.7. The Morgan fingerprint density at radius 2 is 1.90 bits per heavy atom. The molecule has 0 bridgehead atoms. The Bertz CT molecular complexity index is 1670. The van der Waals surface area contributed by atoms with Crippen LogP contribution in [0.5, 0.6) is 0 Å². The summed E-state index contributed by atoms with van der Waals surface area (Å²) >= 11 is 1.38. The van der Waals surface area contributed by atoms with Crippen molar-refractivity contribution < 1.29 is 18.0 Å². The lowest BCUT2D eigenvalue weighted by molar-refractivity contribution is -0.118. The third-order valence-electron chi connectivity index (χ3n) is 7.87. The summed E-state index contributed by atoms with van der Waals surface area (Å²) < 4.78 is 29.7. The molecule has 0 unspecified atom stereocenters. The summed E-state index contributed by atoms with van der Waals surface area (Å²) in [6.07, 6.45) is 2.18. The molecule has 13 heteroatoms. The Labute approximate surface area is 249 Å². The number of aryl methyl sites for hydroxylation is 1. The lowest BCUT2D eigenvalue weighted by Gasteiger charge is -2.26. The number of pyridine rings is 1. The first-order valence-corrected chi connectivity index (χ1v) is 16.5. The van der Waals surface area contributed by atoms with Gasteiger partial charge in [0, 0.05) is 31.7 Å². The van der Waals surface area contributed by atoms with Gasteiger partial charge < -0.3 is 15.5 Å². The highest BCUT2D eigenvalue weighted by Gasteiger charge is 2.41. The number of nitrogens with zero attached hydrogens (tertiary/aromatic N) is 4. The van der Waals surface area contributed by atoms with Crippen molar-refractivity contribution in [2.45, 2.75) is 64.1 Å². The normalized spacial score (nSPS) is 18.1. The number of hydrogen-bond acceptors (Lipinski definition) is 9. The van der Waals surface area contributed by atoms with Crippen molar-refractivity contribution in [2.75, 3.05) is 29.9 Å². The molecular formula is C29H35N7O4S2. The van der Waals surface area contributed by atoms with Gasteiger partial charge in [-0.1, -0.05) is 17.4 Å². The molecule has 2 aliphatic heterocycles. The standard InChI is InChI=1S/C29H35N7O4S2/c1-16(2)34-42(39,40)22-13-20(12-21-15-36(28(38)26(21)22)18(4)19-8-9-19)27-17(3)31-29(41-27)33-23-6-5-7-24(32-23)35-11-10-30-14-25(35)37/h5-7,12-13,16,18-19,30,34H,8-11,14-15H2,1-4H3,(H,31,32,33)/t18-/m0/s1. The van der Waals surface area contributed by atoms with E-state index >= 15 is 0 Å². The zero-order valence-corrected chi connectivity index (χ0v) is 25.7. The molecule has 1 saturated heterocycles. The average Bonchev–Trinajstić information content (AvgIpc) is 3.65. The first-order chi connectivity index (χ1) is 20.0. The van der Waals surface area contributed by atoms with Crippen LogP contribution in [0.3, 0.4) is 0 Å². The van der Waals surface area contributed by atoms with Gasteiger partial charge in [0.2, 0.25) is 15.9 Å². The molecule has 2 amide bonds. The Balaban J connectivity index is 1.34. The van der Waals surface area contributed by atoms with Crippen molar-refractivity contribution in [2.24, 2.45) is 5.92 Å². The molecule has 2 aromatic heterocycles. The fourth-order valence-electron chi connectivity index (χ4n) is 5.64. The number of sulfonamides is 1. The molecule has 1 aromatic carbocycles. The lowest BCUT2D eigenvalue weighted by atomic mass is 10.0. The van der Waals surface area contributed by atoms with Crippen LogP contribution in [0, 0.1) is 12.8 Å². The highest BCUT2D eigenvalue weighted by Crippen LogP contribution is 2.42. The van der Waals surface area contributed by atoms with Gasteiger partial charge in [0.15, 0.2) is 5.13 Å². The quantitative estimate of drug-likeness (QED) is 0.335. The maximum Gasteiger partial charge on any atom is 0.256 e. The number of rotatable bonds is 9. The summed E-state index contributed by atoms with van der Waals surface area (Å²) in [5, 5.41) is 6.90. The largest absolute Gasteiger partial charge is 0.331 e. The molecule has 2 fully saturated rings. The topological polar surface area (TPSA) is 137 Å². The second-order valence-corrected chi connectivity index (χ2v) is 14.1. The number of amides is 2. The summed E-state index contributed by atoms with van der Waals surface area (Å²) in [5.41, 5.74) is 2.40. The van der Waals surface area contributed by atoms with Crippen molar-refractivity contribution in [1.82, 2.24) is 24.9 Å². The van der Waals surface area contributed by atoms with E-state index in [0.717, 1.165) is 23.4 Å². The first kappa shape index (κ1) is 28.7. The number of piperazine rings is 1. The van der Waals surface area contributed by atoms with Gasteiger partial charge in [-0.15, -0.1) is 0 Å². The Morgan fingerprint density at radius 3 is 2.62 bits per heavy atom. The minimum atomic E-state index is -3.95. The van der Waals surface area contributed by atoms with Crippen molar-refractivity contribution in [1.29, 1.82) is 0 Å². The zero-order chi connectivity index (χ0) is 29.8. The number of fused-ring (bicyclic) bond motifs is 1. The Morgan fingerprint density at radius 1 is 1.12 bits per heavy atom. The van der Waals surface area contributed by atoms with E-state index in [-0.39, 0.29) is 40.9 Å². The highest BCUT2D eigenvalue weighted by atomic mass is 32.2. The van der Waals surface area contributed by atoms with Gasteiger partial charge in [0.05, 0.1) is 27.6 Å². The number of carbonyl (C=O) groups is 2. The number of benzene rings is 1. The molecule has 0 radical (unpaired) electrons. The number of carbonyl (C=O) groups excluding carboxylic acids is 2. The van der Waals surface area contributed by atoms with Crippen LogP contribution >= 0.6 is 11.3 Å². The van der Waals surface area contributed by atoms with Gasteiger partial charge in [-0.2, -0.15) is 0 Å². The van der Waals surface area contributed by atoms with Crippen LogP contribution in [0.1, 0.15) is 55.2 Å². The van der Waals surface area contributed by atoms with E-state index < -0.39 is 10.0 Å². The molecule has 1 saturated carbocycles. The van der Waals surface area contributed by atoms with E-state index in [9.17, 15) is 18.0 Å². The highest BCUT2D eigenvalue weighted by molar-refractivity contribution is 7.89. The van der Waals surface area contributed by atoms with Crippen LogP contribution in [-0.2, 0) is 21.4 Å². The fraction of sp³-hybridized carbons (Fsp3) is 0.448. The zero-order valence-electron chi connectivity index (χ0n) is 24.1. The predicted octanol–water partition coefficient (Wildman–Crippen LogP) is 3.63. The molecule has 3 aliphatic rings. The van der Waals surface area contributed by atoms with Gasteiger partial charge in [-0.25, -0.2) is 23.1 Å². The van der Waals surface area contributed by atoms with E-state index in [1.807, 2.05) is 30.0 Å². The van der Waals surface area contributed by atoms with Gasteiger partial charge in [0.1, 0.15) is 11.6 Å². The molecule has 11 nitrogen and oxygen atoms in total. The first-order valence-electron chi connectivity index (χ1n) is 14.2. The number of aromatic nitrogens is 2. The Hall–Kier alpha value is -3.39. The van der Waals surface area contributed by atoms with Crippen LogP contribution in [0.2, 0.25) is 0 Å². The average molecular weight is 610 g/mol. The van der Waals surface area contributed by atoms with Crippen molar-refractivity contribution >= 4 is 49.9 Å². The molecule has 1 aliphatic carbocycles. The van der Waals surface area contributed by atoms with Crippen molar-refractivity contribution in [3.63, 3.8) is 0 Å². The van der Waals surface area contributed by atoms with Gasteiger partial charge in [-0.3, -0.25) is 14.5 Å². The molecule has 42 heavy (non-hydrogen) atoms. The summed E-state index contributed by atoms with van der Waals surface area (Å²) in [6, 6.07) is 8.72. The van der Waals surface area contributed by atoms with Crippen LogP contribution in [0.25, 0.3) is 10.4 Å². The Kier molecular flexibility index (Phi) is 7.54. The molecular weight excluding hydrogens is 574 g/mol. The van der Waals surface area contributed by atoms with Crippen molar-refractivity contribution in [3.8, 4) is 10.4 Å². The van der Waals surface area contributed by atoms with E-state index in [2.05, 4.69) is 27.3 Å². The SMILES string of the molecule is Cc1nc(Nc2cccc(N3CCNCC3=O)n2)sc1-c1cc2c(c(S(=O)(=O)NC(C)C)c1)C(=O)N([C@@H](C)C1CC1)C2. The molecule has 3 aromatic rings. The minimum Gasteiger partial charge on any atom is -0.331 e. The summed E-state index contributed by atoms with van der Waals surface area (Å²) in [5.74, 6) is 1.33. The molecule has 3 N–H and O–H groups in total. The summed E-state index contributed by atoms with van der Waals surface area (Å²) in [4.78, 5) is 39.5. The van der Waals surface area contributed by atoms with Gasteiger partial charge in [-0.05, 0) is 81.8 Å². The van der Waals surface area contributed by atoms with Crippen LogP contribution in [0.4, 0.5) is 16.8 Å². The summed E-state index contributed by atoms with van der Waals surface area (Å²) in [6.45, 7) is 9.36. The van der Waals surface area contributed by atoms with Gasteiger partial charge >= 0.3 is 0 Å². The van der Waals surface area contributed by atoms with Crippen LogP contribution < -0.4 is 20.3 Å². The van der Waals surface area contributed by atoms with Gasteiger partial charge in [0.25, 0.3) is 5.91 Å². The second kappa shape index (κ2) is 11.0. The van der Waals surface area contributed by atoms with Crippen LogP contribution in [0.15, 0.2) is 35.2 Å². The van der Waals surface area contributed by atoms with E-state index in [0.29, 0.717) is 53.4 Å². The maximum absolute atomic E-state index is 13.6. The molecule has 1 atom stereocenters.